The Hall–Kier alpha value is -1.81. The Kier molecular flexibility index (Phi) is 3.99. The number of nitrogens with zero attached hydrogens (tertiary/aromatic N) is 2. The van der Waals surface area contributed by atoms with Crippen molar-refractivity contribution in [2.45, 2.75) is 6.42 Å². The van der Waals surface area contributed by atoms with Crippen LogP contribution in [0.3, 0.4) is 0 Å². The smallest absolute Gasteiger partial charge is 0.252 e. The van der Waals surface area contributed by atoms with Crippen LogP contribution in [0.1, 0.15) is 11.3 Å². The highest BCUT2D eigenvalue weighted by Gasteiger charge is 2.08. The molecule has 5 heteroatoms. The largest absolute Gasteiger partial charge is 0.496 e. The van der Waals surface area contributed by atoms with E-state index in [4.69, 9.17) is 21.1 Å². The van der Waals surface area contributed by atoms with E-state index in [0.29, 0.717) is 17.3 Å². The van der Waals surface area contributed by atoms with Crippen molar-refractivity contribution in [2.75, 3.05) is 14.2 Å². The molecule has 0 aliphatic heterocycles. The van der Waals surface area contributed by atoms with Crippen LogP contribution in [0.2, 0.25) is 5.02 Å². The second-order valence-corrected chi connectivity index (χ2v) is 4.09. The first-order valence-corrected chi connectivity index (χ1v) is 5.80. The summed E-state index contributed by atoms with van der Waals surface area (Å²) in [5.74, 6) is 1.16. The fourth-order valence-corrected chi connectivity index (χ4v) is 1.90. The van der Waals surface area contributed by atoms with Gasteiger partial charge >= 0.3 is 0 Å². The molecule has 4 nitrogen and oxygen atoms in total. The first-order chi connectivity index (χ1) is 8.74. The number of methoxy groups -OCH3 is 2. The quantitative estimate of drug-likeness (QED) is 0.852. The molecule has 18 heavy (non-hydrogen) atoms. The van der Waals surface area contributed by atoms with E-state index >= 15 is 0 Å². The zero-order valence-corrected chi connectivity index (χ0v) is 10.9. The summed E-state index contributed by atoms with van der Waals surface area (Å²) < 4.78 is 10.3. The van der Waals surface area contributed by atoms with Crippen molar-refractivity contribution in [1.29, 1.82) is 0 Å². The van der Waals surface area contributed by atoms with Gasteiger partial charge in [0.25, 0.3) is 5.88 Å². The van der Waals surface area contributed by atoms with Crippen molar-refractivity contribution < 1.29 is 9.47 Å². The van der Waals surface area contributed by atoms with E-state index < -0.39 is 0 Å². The average Bonchev–Trinajstić information content (AvgIpc) is 2.39. The number of benzene rings is 1. The minimum absolute atomic E-state index is 0.334. The molecule has 0 atom stereocenters. The minimum atomic E-state index is 0.334. The van der Waals surface area contributed by atoms with Gasteiger partial charge in [0.05, 0.1) is 19.9 Å². The Labute approximate surface area is 111 Å². The predicted molar refractivity (Wildman–Crippen MR) is 69.4 cm³/mol. The van der Waals surface area contributed by atoms with Crippen LogP contribution in [0.4, 0.5) is 0 Å². The number of halogens is 1. The summed E-state index contributed by atoms with van der Waals surface area (Å²) in [6.07, 6.45) is 0.612. The van der Waals surface area contributed by atoms with Crippen LogP contribution in [0.25, 0.3) is 0 Å². The van der Waals surface area contributed by atoms with Crippen LogP contribution in [-0.4, -0.2) is 24.4 Å². The minimum Gasteiger partial charge on any atom is -0.496 e. The monoisotopic (exact) mass is 264 g/mol. The zero-order chi connectivity index (χ0) is 13.0. The highest BCUT2D eigenvalue weighted by atomic mass is 35.5. The molecular weight excluding hydrogens is 252 g/mol. The molecule has 0 saturated heterocycles. The Balaban J connectivity index is 2.26. The summed E-state index contributed by atoms with van der Waals surface area (Å²) in [5.41, 5.74) is 1.81. The molecule has 94 valence electrons. The molecule has 0 aliphatic carbocycles. The SMILES string of the molecule is COc1ccccc1Cc1cc(Cl)c(OC)nn1. The van der Waals surface area contributed by atoms with Crippen LogP contribution in [-0.2, 0) is 6.42 Å². The van der Waals surface area contributed by atoms with Gasteiger partial charge in [0.1, 0.15) is 10.8 Å². The molecule has 1 heterocycles. The van der Waals surface area contributed by atoms with E-state index in [-0.39, 0.29) is 0 Å². The third-order valence-electron chi connectivity index (χ3n) is 2.52. The molecule has 0 fully saturated rings. The van der Waals surface area contributed by atoms with Crippen molar-refractivity contribution in [1.82, 2.24) is 10.2 Å². The molecule has 0 radical (unpaired) electrons. The Morgan fingerprint density at radius 1 is 1.11 bits per heavy atom. The summed E-state index contributed by atoms with van der Waals surface area (Å²) in [6.45, 7) is 0. The average molecular weight is 265 g/mol. The molecular formula is C13H13ClN2O2. The molecule has 0 aliphatic rings. The zero-order valence-electron chi connectivity index (χ0n) is 10.2. The molecule has 0 N–H and O–H groups in total. The molecule has 0 spiro atoms. The number of para-hydroxylation sites is 1. The molecule has 0 bridgehead atoms. The summed E-state index contributed by atoms with van der Waals surface area (Å²) in [7, 11) is 3.15. The third kappa shape index (κ3) is 2.71. The van der Waals surface area contributed by atoms with Gasteiger partial charge in [-0.3, -0.25) is 0 Å². The third-order valence-corrected chi connectivity index (χ3v) is 2.80. The van der Waals surface area contributed by atoms with E-state index in [0.717, 1.165) is 17.0 Å². The van der Waals surface area contributed by atoms with Gasteiger partial charge in [0, 0.05) is 12.0 Å². The first kappa shape index (κ1) is 12.6. The van der Waals surface area contributed by atoms with Crippen LogP contribution >= 0.6 is 11.6 Å². The van der Waals surface area contributed by atoms with Crippen LogP contribution in [0.15, 0.2) is 30.3 Å². The number of hydrogen-bond acceptors (Lipinski definition) is 4. The lowest BCUT2D eigenvalue weighted by atomic mass is 10.1. The lowest BCUT2D eigenvalue weighted by Gasteiger charge is -2.08. The van der Waals surface area contributed by atoms with Crippen LogP contribution in [0, 0.1) is 0 Å². The summed E-state index contributed by atoms with van der Waals surface area (Å²) in [4.78, 5) is 0. The second kappa shape index (κ2) is 5.69. The lowest BCUT2D eigenvalue weighted by Crippen LogP contribution is -1.99. The summed E-state index contributed by atoms with van der Waals surface area (Å²) in [6, 6.07) is 9.53. The predicted octanol–water partition coefficient (Wildman–Crippen LogP) is 2.74. The molecule has 1 aromatic carbocycles. The van der Waals surface area contributed by atoms with Crippen molar-refractivity contribution in [3.63, 3.8) is 0 Å². The second-order valence-electron chi connectivity index (χ2n) is 3.68. The van der Waals surface area contributed by atoms with Gasteiger partial charge in [0.2, 0.25) is 0 Å². The highest BCUT2D eigenvalue weighted by Crippen LogP contribution is 2.24. The van der Waals surface area contributed by atoms with Gasteiger partial charge in [-0.15, -0.1) is 5.10 Å². The first-order valence-electron chi connectivity index (χ1n) is 5.42. The van der Waals surface area contributed by atoms with Gasteiger partial charge in [-0.05, 0) is 12.1 Å². The fourth-order valence-electron chi connectivity index (χ4n) is 1.66. The Morgan fingerprint density at radius 3 is 2.56 bits per heavy atom. The summed E-state index contributed by atoms with van der Waals surface area (Å²) >= 11 is 6.01. The Bertz CT molecular complexity index is 546. The lowest BCUT2D eigenvalue weighted by molar-refractivity contribution is 0.391. The maximum atomic E-state index is 6.01. The molecule has 1 aromatic heterocycles. The number of aromatic nitrogens is 2. The topological polar surface area (TPSA) is 44.2 Å². The van der Waals surface area contributed by atoms with Crippen LogP contribution in [0.5, 0.6) is 11.6 Å². The van der Waals surface area contributed by atoms with E-state index in [2.05, 4.69) is 10.2 Å². The molecule has 2 rings (SSSR count). The molecule has 0 unspecified atom stereocenters. The maximum absolute atomic E-state index is 6.01. The fraction of sp³-hybridized carbons (Fsp3) is 0.231. The standard InChI is InChI=1S/C13H13ClN2O2/c1-17-12-6-4-3-5-9(12)7-10-8-11(14)13(18-2)16-15-10/h3-6,8H,7H2,1-2H3. The van der Waals surface area contributed by atoms with Gasteiger partial charge in [-0.25, -0.2) is 0 Å². The van der Waals surface area contributed by atoms with Crippen molar-refractivity contribution >= 4 is 11.6 Å². The van der Waals surface area contributed by atoms with Crippen molar-refractivity contribution in [3.05, 3.63) is 46.6 Å². The van der Waals surface area contributed by atoms with Crippen molar-refractivity contribution in [2.24, 2.45) is 0 Å². The van der Waals surface area contributed by atoms with Gasteiger partial charge in [-0.2, -0.15) is 5.10 Å². The van der Waals surface area contributed by atoms with Gasteiger partial charge in [-0.1, -0.05) is 29.8 Å². The molecule has 2 aromatic rings. The highest BCUT2D eigenvalue weighted by molar-refractivity contribution is 6.31. The van der Waals surface area contributed by atoms with Crippen LogP contribution < -0.4 is 9.47 Å². The normalized spacial score (nSPS) is 10.2. The number of ether oxygens (including phenoxy) is 2. The maximum Gasteiger partial charge on any atom is 0.252 e. The van der Waals surface area contributed by atoms with Gasteiger partial charge in [0.15, 0.2) is 0 Å². The number of rotatable bonds is 4. The number of hydrogen-bond donors (Lipinski definition) is 0. The molecule has 0 amide bonds. The van der Waals surface area contributed by atoms with E-state index in [1.807, 2.05) is 24.3 Å². The molecule has 0 saturated carbocycles. The van der Waals surface area contributed by atoms with E-state index in [1.54, 1.807) is 13.2 Å². The Morgan fingerprint density at radius 2 is 1.89 bits per heavy atom. The summed E-state index contributed by atoms with van der Waals surface area (Å²) in [5, 5.41) is 8.43. The van der Waals surface area contributed by atoms with Crippen molar-refractivity contribution in [3.8, 4) is 11.6 Å². The van der Waals surface area contributed by atoms with Gasteiger partial charge < -0.3 is 9.47 Å². The van der Waals surface area contributed by atoms with E-state index in [9.17, 15) is 0 Å². The van der Waals surface area contributed by atoms with E-state index in [1.165, 1.54) is 7.11 Å².